The van der Waals surface area contributed by atoms with Crippen LogP contribution in [0.5, 0.6) is 0 Å². The number of nitrogens with zero attached hydrogens (tertiary/aromatic N) is 2. The topological polar surface area (TPSA) is 139 Å². The van der Waals surface area contributed by atoms with Gasteiger partial charge in [-0.2, -0.15) is 4.31 Å². The van der Waals surface area contributed by atoms with Gasteiger partial charge in [-0.1, -0.05) is 27.7 Å². The Kier molecular flexibility index (Phi) is 13.3. The van der Waals surface area contributed by atoms with Crippen molar-refractivity contribution >= 4 is 38.5 Å². The molecule has 2 aliphatic heterocycles. The minimum Gasteiger partial charge on any atom is -0.444 e. The van der Waals surface area contributed by atoms with Gasteiger partial charge in [0, 0.05) is 38.3 Å². The van der Waals surface area contributed by atoms with E-state index in [0.717, 1.165) is 6.42 Å². The molecule has 1 amide bonds. The van der Waals surface area contributed by atoms with Crippen molar-refractivity contribution in [1.82, 2.24) is 13.9 Å². The molecule has 2 aliphatic rings. The van der Waals surface area contributed by atoms with Crippen LogP contribution in [-0.2, 0) is 24.8 Å². The maximum atomic E-state index is 11.8. The summed E-state index contributed by atoms with van der Waals surface area (Å²) in [7, 11) is -6.11. The molecular weight excluding hydrogens is 504 g/mol. The SMILES string of the molecule is CC(C)[C@@H](CN1CCCS1(=O)=O)NC(=O)OC(C)(C)C.CC(C)[C@H](N)CN1CCCS1(=O)=O.Cl. The number of ether oxygens (including phenoxy) is 1. The first-order valence-corrected chi connectivity index (χ1v) is 14.9. The predicted octanol–water partition coefficient (Wildman–Crippen LogP) is 2.00. The van der Waals surface area contributed by atoms with Crippen molar-refractivity contribution in [2.75, 3.05) is 37.7 Å². The molecule has 0 saturated carbocycles. The highest BCUT2D eigenvalue weighted by Crippen LogP contribution is 2.17. The summed E-state index contributed by atoms with van der Waals surface area (Å²) in [5, 5.41) is 2.77. The fraction of sp³-hybridized carbons (Fsp3) is 0.952. The lowest BCUT2D eigenvalue weighted by Crippen LogP contribution is -2.48. The van der Waals surface area contributed by atoms with Gasteiger partial charge in [0.2, 0.25) is 20.0 Å². The van der Waals surface area contributed by atoms with Crippen molar-refractivity contribution in [3.8, 4) is 0 Å². The summed E-state index contributed by atoms with van der Waals surface area (Å²) in [6.07, 6.45) is 0.889. The van der Waals surface area contributed by atoms with E-state index in [-0.39, 0.29) is 41.9 Å². The Morgan fingerprint density at radius 2 is 1.35 bits per heavy atom. The van der Waals surface area contributed by atoms with Gasteiger partial charge in [-0.05, 0) is 45.4 Å². The Morgan fingerprint density at radius 3 is 1.68 bits per heavy atom. The summed E-state index contributed by atoms with van der Waals surface area (Å²) >= 11 is 0. The van der Waals surface area contributed by atoms with E-state index in [1.54, 1.807) is 20.8 Å². The first kappa shape index (κ1) is 33.3. The standard InChI is InChI=1S/C13H26N2O4S.C8H18N2O2S.ClH/c1-10(2)11(14-12(16)19-13(3,4)5)9-15-7-6-8-20(15,17)18;1-7(2)8(9)6-10-4-3-5-13(10,11)12;/h10-11H,6-9H2,1-5H3,(H,14,16);7-8H,3-6,9H2,1-2H3;1H/t11-;8-;/m11./s1. The highest BCUT2D eigenvalue weighted by molar-refractivity contribution is 7.89. The smallest absolute Gasteiger partial charge is 0.407 e. The van der Waals surface area contributed by atoms with Crippen LogP contribution < -0.4 is 11.1 Å². The van der Waals surface area contributed by atoms with Crippen LogP contribution in [0.15, 0.2) is 0 Å². The lowest BCUT2D eigenvalue weighted by molar-refractivity contribution is 0.0483. The predicted molar refractivity (Wildman–Crippen MR) is 138 cm³/mol. The van der Waals surface area contributed by atoms with Gasteiger partial charge in [-0.25, -0.2) is 25.9 Å². The molecule has 0 bridgehead atoms. The van der Waals surface area contributed by atoms with E-state index in [4.69, 9.17) is 10.5 Å². The van der Waals surface area contributed by atoms with Gasteiger partial charge < -0.3 is 15.8 Å². The van der Waals surface area contributed by atoms with E-state index < -0.39 is 31.7 Å². The Hall–Kier alpha value is -0.660. The van der Waals surface area contributed by atoms with E-state index in [0.29, 0.717) is 38.5 Å². The fourth-order valence-corrected chi connectivity index (χ4v) is 6.45. The van der Waals surface area contributed by atoms with Crippen molar-refractivity contribution in [3.63, 3.8) is 0 Å². The zero-order chi connectivity index (χ0) is 25.6. The lowest BCUT2D eigenvalue weighted by Gasteiger charge is -2.28. The monoisotopic (exact) mass is 548 g/mol. The summed E-state index contributed by atoms with van der Waals surface area (Å²) in [6.45, 7) is 15.2. The third-order valence-corrected chi connectivity index (χ3v) is 9.43. The van der Waals surface area contributed by atoms with E-state index in [9.17, 15) is 21.6 Å². The number of rotatable bonds is 7. The zero-order valence-corrected chi connectivity index (χ0v) is 24.1. The Bertz CT molecular complexity index is 844. The molecule has 34 heavy (non-hydrogen) atoms. The van der Waals surface area contributed by atoms with Crippen molar-refractivity contribution < 1.29 is 26.4 Å². The van der Waals surface area contributed by atoms with Gasteiger partial charge in [0.1, 0.15) is 5.60 Å². The maximum Gasteiger partial charge on any atom is 0.407 e. The number of alkyl carbamates (subject to hydrolysis) is 1. The second-order valence-corrected chi connectivity index (χ2v) is 14.6. The summed E-state index contributed by atoms with van der Waals surface area (Å²) in [5.41, 5.74) is 5.25. The normalized spacial score (nSPS) is 21.9. The van der Waals surface area contributed by atoms with E-state index >= 15 is 0 Å². The summed E-state index contributed by atoms with van der Waals surface area (Å²) < 4.78 is 54.6. The number of hydrogen-bond donors (Lipinski definition) is 2. The van der Waals surface area contributed by atoms with Crippen LogP contribution in [-0.4, -0.2) is 86.9 Å². The summed E-state index contributed by atoms with van der Waals surface area (Å²) in [5.74, 6) is 0.941. The summed E-state index contributed by atoms with van der Waals surface area (Å²) in [4.78, 5) is 11.8. The van der Waals surface area contributed by atoms with Crippen molar-refractivity contribution in [3.05, 3.63) is 0 Å². The van der Waals surface area contributed by atoms with Crippen LogP contribution in [0.4, 0.5) is 4.79 Å². The van der Waals surface area contributed by atoms with E-state index in [2.05, 4.69) is 5.32 Å². The molecule has 13 heteroatoms. The number of amides is 1. The van der Waals surface area contributed by atoms with Gasteiger partial charge in [-0.3, -0.25) is 0 Å². The first-order valence-electron chi connectivity index (χ1n) is 11.7. The average Bonchev–Trinajstić information content (AvgIpc) is 3.13. The molecule has 0 aromatic carbocycles. The molecule has 0 spiro atoms. The largest absolute Gasteiger partial charge is 0.444 e. The van der Waals surface area contributed by atoms with Crippen molar-refractivity contribution in [1.29, 1.82) is 0 Å². The highest BCUT2D eigenvalue weighted by Gasteiger charge is 2.32. The van der Waals surface area contributed by atoms with E-state index in [1.165, 1.54) is 8.61 Å². The molecular formula is C21H45ClN4O6S2. The minimum atomic E-state index is -3.15. The zero-order valence-electron chi connectivity index (χ0n) is 21.6. The molecule has 2 heterocycles. The number of sulfonamides is 2. The molecule has 0 unspecified atom stereocenters. The van der Waals surface area contributed by atoms with Crippen LogP contribution in [0.3, 0.4) is 0 Å². The second kappa shape index (κ2) is 13.6. The fourth-order valence-electron chi connectivity index (χ4n) is 3.34. The third-order valence-electron chi connectivity index (χ3n) is 5.58. The van der Waals surface area contributed by atoms with Crippen LogP contribution in [0.1, 0.15) is 61.3 Å². The van der Waals surface area contributed by atoms with E-state index in [1.807, 2.05) is 27.7 Å². The van der Waals surface area contributed by atoms with Crippen molar-refractivity contribution in [2.24, 2.45) is 17.6 Å². The number of nitrogens with two attached hydrogens (primary N) is 1. The molecule has 2 rings (SSSR count). The van der Waals surface area contributed by atoms with Crippen LogP contribution >= 0.6 is 12.4 Å². The second-order valence-electron chi connectivity index (χ2n) is 10.5. The molecule has 2 saturated heterocycles. The third kappa shape index (κ3) is 11.4. The average molecular weight is 549 g/mol. The molecule has 0 radical (unpaired) electrons. The Balaban J connectivity index is 0.000000676. The number of carbonyl (C=O) groups excluding carboxylic acids is 1. The van der Waals surface area contributed by atoms with Gasteiger partial charge in [0.05, 0.1) is 11.5 Å². The summed E-state index contributed by atoms with van der Waals surface area (Å²) in [6, 6.07) is -0.300. The molecule has 2 atom stereocenters. The number of nitrogens with one attached hydrogen (secondary N) is 1. The van der Waals surface area contributed by atoms with Crippen LogP contribution in [0.2, 0.25) is 0 Å². The molecule has 2 fully saturated rings. The number of hydrogen-bond acceptors (Lipinski definition) is 7. The van der Waals surface area contributed by atoms with Crippen LogP contribution in [0.25, 0.3) is 0 Å². The molecule has 10 nitrogen and oxygen atoms in total. The molecule has 0 aromatic heterocycles. The lowest BCUT2D eigenvalue weighted by atomic mass is 10.0. The molecule has 204 valence electrons. The Labute approximate surface area is 212 Å². The molecule has 0 aliphatic carbocycles. The molecule has 3 N–H and O–H groups in total. The van der Waals surface area contributed by atoms with Gasteiger partial charge >= 0.3 is 6.09 Å². The van der Waals surface area contributed by atoms with Crippen molar-refractivity contribution in [2.45, 2.75) is 79.0 Å². The maximum absolute atomic E-state index is 11.8. The quantitative estimate of drug-likeness (QED) is 0.496. The highest BCUT2D eigenvalue weighted by atomic mass is 35.5. The molecule has 0 aromatic rings. The number of carbonyl (C=O) groups is 1. The Morgan fingerprint density at radius 1 is 0.912 bits per heavy atom. The van der Waals surface area contributed by atoms with Gasteiger partial charge in [0.15, 0.2) is 0 Å². The van der Waals surface area contributed by atoms with Gasteiger partial charge in [0.25, 0.3) is 0 Å². The first-order chi connectivity index (χ1) is 14.9. The number of halogens is 1. The van der Waals surface area contributed by atoms with Crippen LogP contribution in [0, 0.1) is 11.8 Å². The minimum absolute atomic E-state index is 0. The van der Waals surface area contributed by atoms with Gasteiger partial charge in [-0.15, -0.1) is 12.4 Å².